The Morgan fingerprint density at radius 2 is 2.06 bits per heavy atom. The summed E-state index contributed by atoms with van der Waals surface area (Å²) in [5, 5.41) is 16.7. The molecule has 2 N–H and O–H groups in total. The number of hydrogen-bond acceptors (Lipinski definition) is 8. The average molecular weight is 734 g/mol. The van der Waals surface area contributed by atoms with Crippen LogP contribution >= 0.6 is 11.6 Å². The predicted octanol–water partition coefficient (Wildman–Crippen LogP) is 5.49. The van der Waals surface area contributed by atoms with Crippen molar-refractivity contribution in [2.45, 2.75) is 57.0 Å². The quantitative estimate of drug-likeness (QED) is 0.338. The first-order chi connectivity index (χ1) is 24.4. The molecule has 0 saturated heterocycles. The van der Waals surface area contributed by atoms with E-state index in [-0.39, 0.29) is 45.9 Å². The van der Waals surface area contributed by atoms with E-state index in [1.54, 1.807) is 25.2 Å². The van der Waals surface area contributed by atoms with E-state index in [9.17, 15) is 18.9 Å². The number of rotatable bonds is 3. The van der Waals surface area contributed by atoms with Crippen LogP contribution in [-0.4, -0.2) is 69.6 Å². The van der Waals surface area contributed by atoms with E-state index in [4.69, 9.17) is 21.1 Å². The zero-order chi connectivity index (χ0) is 35.7. The third-order valence-electron chi connectivity index (χ3n) is 11.8. The lowest BCUT2D eigenvalue weighted by atomic mass is 9.66. The Bertz CT molecular complexity index is 2070. The summed E-state index contributed by atoms with van der Waals surface area (Å²) in [6, 6.07) is 11.4. The maximum absolute atomic E-state index is 14.8. The molecular weight excluding hydrogens is 690 g/mol. The molecule has 4 bridgehead atoms. The lowest BCUT2D eigenvalue weighted by molar-refractivity contribution is -0.0137. The highest BCUT2D eigenvalue weighted by Gasteiger charge is 2.47. The number of nitrogens with one attached hydrogen (secondary N) is 1. The minimum absolute atomic E-state index is 0.0685. The van der Waals surface area contributed by atoms with Crippen molar-refractivity contribution in [2.24, 2.45) is 34.6 Å². The SMILES string of the molecule is COc1nn(C)cc1C(=O)NS1(=O)=NC(=O)c2ccc3c(c2)N(C[C@@H]2CC[C@H]2[C@@H](O)[C@H]2C=CC(C)(C2)C1)C[C@@]1(CCCc2cc(Cl)ccc21)CO3. The topological polar surface area (TPSA) is 135 Å². The van der Waals surface area contributed by atoms with Crippen LogP contribution in [-0.2, 0) is 28.8 Å². The number of aliphatic hydroxyl groups is 1. The van der Waals surface area contributed by atoms with Gasteiger partial charge in [0.15, 0.2) is 0 Å². The normalized spacial score (nSPS) is 32.6. The second kappa shape index (κ2) is 12.7. The lowest BCUT2D eigenvalue weighted by Crippen LogP contribution is -2.50. The van der Waals surface area contributed by atoms with E-state index in [2.05, 4.69) is 31.2 Å². The van der Waals surface area contributed by atoms with Crippen LogP contribution in [0.3, 0.4) is 0 Å². The van der Waals surface area contributed by atoms with Gasteiger partial charge in [0.1, 0.15) is 21.2 Å². The lowest BCUT2D eigenvalue weighted by Gasteiger charge is -2.46. The summed E-state index contributed by atoms with van der Waals surface area (Å²) in [5.74, 6) is -0.618. The first-order valence-corrected chi connectivity index (χ1v) is 19.8. The third kappa shape index (κ3) is 6.23. The molecule has 7 atom stereocenters. The van der Waals surface area contributed by atoms with Gasteiger partial charge in [-0.3, -0.25) is 19.0 Å². The highest BCUT2D eigenvalue weighted by molar-refractivity contribution is 7.92. The number of aryl methyl sites for hydroxylation is 2. The number of carbonyl (C=O) groups excluding carboxylic acids is 2. The number of anilines is 1. The number of fused-ring (bicyclic) bond motifs is 6. The molecule has 2 amide bonds. The third-order valence-corrected chi connectivity index (χ3v) is 14.0. The van der Waals surface area contributed by atoms with Crippen molar-refractivity contribution in [1.82, 2.24) is 14.5 Å². The number of nitrogens with zero attached hydrogens (tertiary/aromatic N) is 4. The van der Waals surface area contributed by atoms with Gasteiger partial charge in [0.2, 0.25) is 5.88 Å². The zero-order valence-corrected chi connectivity index (χ0v) is 30.7. The molecule has 270 valence electrons. The number of ether oxygens (including phenoxy) is 2. The van der Waals surface area contributed by atoms with Crippen LogP contribution < -0.4 is 19.1 Å². The van der Waals surface area contributed by atoms with Gasteiger partial charge in [0, 0.05) is 53.7 Å². The summed E-state index contributed by atoms with van der Waals surface area (Å²) in [6.07, 6.45) is 10.2. The van der Waals surface area contributed by atoms with Crippen molar-refractivity contribution < 1.29 is 28.4 Å². The number of methoxy groups -OCH3 is 1. The Kier molecular flexibility index (Phi) is 8.50. The van der Waals surface area contributed by atoms with Crippen molar-refractivity contribution in [2.75, 3.05) is 37.5 Å². The van der Waals surface area contributed by atoms with Crippen molar-refractivity contribution in [3.05, 3.63) is 82.0 Å². The molecule has 1 saturated carbocycles. The van der Waals surface area contributed by atoms with Crippen LogP contribution in [0.25, 0.3) is 0 Å². The maximum Gasteiger partial charge on any atom is 0.286 e. The van der Waals surface area contributed by atoms with E-state index >= 15 is 0 Å². The van der Waals surface area contributed by atoms with Crippen molar-refractivity contribution in [1.29, 1.82) is 0 Å². The van der Waals surface area contributed by atoms with Gasteiger partial charge in [-0.1, -0.05) is 36.7 Å². The summed E-state index contributed by atoms with van der Waals surface area (Å²) < 4.78 is 35.1. The highest BCUT2D eigenvalue weighted by Crippen LogP contribution is 2.49. The number of amides is 2. The molecule has 2 aromatic carbocycles. The summed E-state index contributed by atoms with van der Waals surface area (Å²) in [6.45, 7) is 3.78. The molecule has 2 aliphatic heterocycles. The highest BCUT2D eigenvalue weighted by atomic mass is 35.5. The number of aliphatic hydroxyl groups excluding tert-OH is 1. The van der Waals surface area contributed by atoms with E-state index < -0.39 is 33.2 Å². The minimum Gasteiger partial charge on any atom is -0.490 e. The monoisotopic (exact) mass is 733 g/mol. The number of aromatic nitrogens is 2. The van der Waals surface area contributed by atoms with Gasteiger partial charge in [0.25, 0.3) is 11.8 Å². The van der Waals surface area contributed by atoms with Crippen LogP contribution in [0.15, 0.2) is 59.1 Å². The summed E-state index contributed by atoms with van der Waals surface area (Å²) in [5.41, 5.74) is 2.59. The Balaban J connectivity index is 1.22. The second-order valence-electron chi connectivity index (χ2n) is 15.5. The van der Waals surface area contributed by atoms with Gasteiger partial charge < -0.3 is 19.5 Å². The van der Waals surface area contributed by atoms with Crippen molar-refractivity contribution >= 4 is 39.0 Å². The van der Waals surface area contributed by atoms with E-state index in [1.165, 1.54) is 29.1 Å². The van der Waals surface area contributed by atoms with Crippen LogP contribution in [0.4, 0.5) is 5.69 Å². The molecule has 8 rings (SSSR count). The average Bonchev–Trinajstić information content (AvgIpc) is 3.61. The molecule has 1 aromatic heterocycles. The van der Waals surface area contributed by atoms with E-state index in [0.717, 1.165) is 42.8 Å². The Labute approximate surface area is 303 Å². The molecule has 13 heteroatoms. The van der Waals surface area contributed by atoms with E-state index in [0.29, 0.717) is 31.9 Å². The standard InChI is InChI=1S/C38H44ClN5O6S/c1-37-14-12-25(17-37)33(45)28-9-6-26(28)18-44-20-38(13-4-5-23-15-27(39)8-10-30(23)38)21-50-32-11-7-24(16-31(32)44)34(46)41-51(48,22-37)42-35(47)29-19-43(2)40-36(29)49-3/h7-8,10-12,14-16,19,25-26,28,33,45H,4-6,9,13,17-18,20-22H2,1-3H3,(H,41,42,46,47,48)/t25-,26-,28+,33-,37?,38-,51?/m0/s1. The number of carbonyl (C=O) groups is 2. The van der Waals surface area contributed by atoms with Gasteiger partial charge in [-0.2, -0.15) is 0 Å². The van der Waals surface area contributed by atoms with Crippen LogP contribution in [0.2, 0.25) is 5.02 Å². The van der Waals surface area contributed by atoms with Gasteiger partial charge in [0.05, 0.1) is 31.3 Å². The summed E-state index contributed by atoms with van der Waals surface area (Å²) in [4.78, 5) is 30.0. The number of hydrogen-bond donors (Lipinski definition) is 2. The Morgan fingerprint density at radius 1 is 1.22 bits per heavy atom. The number of halogens is 1. The number of allylic oxidation sites excluding steroid dienone is 1. The smallest absolute Gasteiger partial charge is 0.286 e. The maximum atomic E-state index is 14.8. The Hall–Kier alpha value is -3.87. The molecule has 5 aliphatic rings. The number of benzene rings is 2. The molecular formula is C38H44ClN5O6S. The molecule has 11 nitrogen and oxygen atoms in total. The van der Waals surface area contributed by atoms with Crippen LogP contribution in [0.5, 0.6) is 11.6 Å². The second-order valence-corrected chi connectivity index (χ2v) is 17.9. The van der Waals surface area contributed by atoms with Crippen LogP contribution in [0.1, 0.15) is 70.9 Å². The summed E-state index contributed by atoms with van der Waals surface area (Å²) in [7, 11) is -0.652. The van der Waals surface area contributed by atoms with Crippen LogP contribution in [0, 0.1) is 23.2 Å². The molecule has 3 heterocycles. The molecule has 1 fully saturated rings. The zero-order valence-electron chi connectivity index (χ0n) is 29.1. The van der Waals surface area contributed by atoms with Gasteiger partial charge in [-0.05, 0) is 91.8 Å². The van der Waals surface area contributed by atoms with Gasteiger partial charge >= 0.3 is 0 Å². The largest absolute Gasteiger partial charge is 0.490 e. The molecule has 1 spiro atoms. The first kappa shape index (κ1) is 34.2. The van der Waals surface area contributed by atoms with E-state index in [1.807, 2.05) is 25.1 Å². The fourth-order valence-electron chi connectivity index (χ4n) is 9.19. The predicted molar refractivity (Wildman–Crippen MR) is 195 cm³/mol. The molecule has 51 heavy (non-hydrogen) atoms. The van der Waals surface area contributed by atoms with Gasteiger partial charge in [-0.25, -0.2) is 4.21 Å². The fraction of sp³-hybridized carbons (Fsp3) is 0.500. The molecule has 2 unspecified atom stereocenters. The fourth-order valence-corrected chi connectivity index (χ4v) is 11.4. The molecule has 3 aliphatic carbocycles. The van der Waals surface area contributed by atoms with Gasteiger partial charge in [-0.15, -0.1) is 9.46 Å². The van der Waals surface area contributed by atoms with Crippen molar-refractivity contribution in [3.8, 4) is 11.6 Å². The molecule has 3 aromatic rings. The molecule has 0 radical (unpaired) electrons. The minimum atomic E-state index is -3.70. The van der Waals surface area contributed by atoms with Crippen molar-refractivity contribution in [3.63, 3.8) is 0 Å². The Morgan fingerprint density at radius 3 is 2.84 bits per heavy atom. The first-order valence-electron chi connectivity index (χ1n) is 17.7. The summed E-state index contributed by atoms with van der Waals surface area (Å²) >= 11 is 6.45.